The van der Waals surface area contributed by atoms with Crippen LogP contribution in [0.5, 0.6) is 0 Å². The Labute approximate surface area is 167 Å². The molecule has 0 atom stereocenters. The Bertz CT molecular complexity index is 833. The maximum absolute atomic E-state index is 12.9. The Morgan fingerprint density at radius 1 is 1.14 bits per heavy atom. The summed E-state index contributed by atoms with van der Waals surface area (Å²) in [6.07, 6.45) is 2.90. The summed E-state index contributed by atoms with van der Waals surface area (Å²) in [6.45, 7) is 11.2. The van der Waals surface area contributed by atoms with E-state index in [1.54, 1.807) is 10.7 Å². The van der Waals surface area contributed by atoms with Crippen LogP contribution in [-0.2, 0) is 17.9 Å². The molecule has 2 rings (SSSR count). The number of rotatable bonds is 9. The van der Waals surface area contributed by atoms with Crippen molar-refractivity contribution in [3.63, 3.8) is 0 Å². The van der Waals surface area contributed by atoms with Crippen LogP contribution < -0.4 is 0 Å². The van der Waals surface area contributed by atoms with Gasteiger partial charge in [0.1, 0.15) is 12.2 Å². The molecule has 0 spiro atoms. The molecule has 1 aromatic carbocycles. The molecule has 0 aliphatic heterocycles. The highest BCUT2D eigenvalue weighted by Crippen LogP contribution is 2.27. The number of hydrogen-bond donors (Lipinski definition) is 1. The summed E-state index contributed by atoms with van der Waals surface area (Å²) in [4.78, 5) is 27.7. The normalized spacial score (nSPS) is 11.8. The number of benzene rings is 1. The molecule has 28 heavy (non-hydrogen) atoms. The van der Waals surface area contributed by atoms with Crippen LogP contribution in [0.15, 0.2) is 18.2 Å². The maximum atomic E-state index is 12.9. The summed E-state index contributed by atoms with van der Waals surface area (Å²) >= 11 is 0. The Kier molecular flexibility index (Phi) is 7.35. The van der Waals surface area contributed by atoms with Crippen molar-refractivity contribution in [2.45, 2.75) is 67.0 Å². The zero-order valence-corrected chi connectivity index (χ0v) is 17.8. The Hall–Kier alpha value is -2.21. The van der Waals surface area contributed by atoms with Gasteiger partial charge in [0, 0.05) is 23.9 Å². The summed E-state index contributed by atoms with van der Waals surface area (Å²) in [6, 6.07) is 5.42. The van der Waals surface area contributed by atoms with Crippen molar-refractivity contribution < 1.29 is 14.7 Å². The van der Waals surface area contributed by atoms with Crippen LogP contribution in [0.1, 0.15) is 69.9 Å². The first-order chi connectivity index (χ1) is 13.2. The summed E-state index contributed by atoms with van der Waals surface area (Å²) in [5.41, 5.74) is 1.25. The van der Waals surface area contributed by atoms with E-state index in [2.05, 4.69) is 18.9 Å². The standard InChI is InChI=1S/C22H33N3O3/c1-6-8-12-24(11-7-2)19(27)14-25-18-13-16(15-26)9-10-17(18)20(23-25)21(28)22(3,4)5/h9-10,13,26H,6-8,11-12,14-15H2,1-5H3. The Morgan fingerprint density at radius 2 is 1.86 bits per heavy atom. The van der Waals surface area contributed by atoms with Crippen LogP contribution in [0.25, 0.3) is 10.9 Å². The van der Waals surface area contributed by atoms with Crippen molar-refractivity contribution in [2.24, 2.45) is 5.41 Å². The lowest BCUT2D eigenvalue weighted by Crippen LogP contribution is -2.35. The number of carbonyl (C=O) groups is 2. The second-order valence-corrected chi connectivity index (χ2v) is 8.33. The number of hydrogen-bond acceptors (Lipinski definition) is 4. The second kappa shape index (κ2) is 9.32. The fraction of sp³-hybridized carbons (Fsp3) is 0.591. The van der Waals surface area contributed by atoms with E-state index in [0.717, 1.165) is 36.8 Å². The molecule has 6 nitrogen and oxygen atoms in total. The Morgan fingerprint density at radius 3 is 2.43 bits per heavy atom. The molecule has 0 saturated heterocycles. The van der Waals surface area contributed by atoms with Gasteiger partial charge in [-0.15, -0.1) is 0 Å². The van der Waals surface area contributed by atoms with E-state index in [-0.39, 0.29) is 24.8 Å². The molecular weight excluding hydrogens is 354 g/mol. The smallest absolute Gasteiger partial charge is 0.244 e. The zero-order valence-electron chi connectivity index (χ0n) is 17.8. The number of aliphatic hydroxyl groups is 1. The van der Waals surface area contributed by atoms with Crippen molar-refractivity contribution in [3.8, 4) is 0 Å². The van der Waals surface area contributed by atoms with E-state index in [1.807, 2.05) is 37.8 Å². The lowest BCUT2D eigenvalue weighted by atomic mass is 9.88. The maximum Gasteiger partial charge on any atom is 0.244 e. The van der Waals surface area contributed by atoms with Gasteiger partial charge in [0.25, 0.3) is 0 Å². The van der Waals surface area contributed by atoms with E-state index in [4.69, 9.17) is 0 Å². The van der Waals surface area contributed by atoms with Gasteiger partial charge in [0.05, 0.1) is 12.1 Å². The van der Waals surface area contributed by atoms with E-state index in [0.29, 0.717) is 17.8 Å². The molecule has 1 amide bonds. The van der Waals surface area contributed by atoms with Gasteiger partial charge in [-0.1, -0.05) is 53.2 Å². The number of amides is 1. The lowest BCUT2D eigenvalue weighted by molar-refractivity contribution is -0.132. The average Bonchev–Trinajstić information content (AvgIpc) is 3.01. The lowest BCUT2D eigenvalue weighted by Gasteiger charge is -2.22. The molecule has 0 fully saturated rings. The molecule has 154 valence electrons. The number of Topliss-reactive ketones (excluding diaryl/α,β-unsaturated/α-hetero) is 1. The third kappa shape index (κ3) is 4.98. The van der Waals surface area contributed by atoms with Crippen molar-refractivity contribution >= 4 is 22.6 Å². The van der Waals surface area contributed by atoms with E-state index in [9.17, 15) is 14.7 Å². The van der Waals surface area contributed by atoms with Crippen LogP contribution in [0, 0.1) is 5.41 Å². The molecule has 2 aromatic rings. The minimum Gasteiger partial charge on any atom is -0.392 e. The van der Waals surface area contributed by atoms with Crippen LogP contribution in [0.3, 0.4) is 0 Å². The van der Waals surface area contributed by atoms with Crippen LogP contribution in [0.2, 0.25) is 0 Å². The average molecular weight is 388 g/mol. The van der Waals surface area contributed by atoms with Crippen molar-refractivity contribution in [3.05, 3.63) is 29.5 Å². The van der Waals surface area contributed by atoms with Crippen LogP contribution in [-0.4, -0.2) is 44.6 Å². The fourth-order valence-electron chi connectivity index (χ4n) is 3.17. The quantitative estimate of drug-likeness (QED) is 0.664. The van der Waals surface area contributed by atoms with E-state index < -0.39 is 5.41 Å². The number of unbranched alkanes of at least 4 members (excludes halogenated alkanes) is 1. The molecular formula is C22H33N3O3. The predicted molar refractivity (Wildman–Crippen MR) is 111 cm³/mol. The van der Waals surface area contributed by atoms with E-state index in [1.165, 1.54) is 0 Å². The van der Waals surface area contributed by atoms with Gasteiger partial charge in [-0.2, -0.15) is 5.10 Å². The van der Waals surface area contributed by atoms with E-state index >= 15 is 0 Å². The monoisotopic (exact) mass is 387 g/mol. The highest BCUT2D eigenvalue weighted by Gasteiger charge is 2.28. The highest BCUT2D eigenvalue weighted by atomic mass is 16.3. The zero-order chi connectivity index (χ0) is 20.9. The summed E-state index contributed by atoms with van der Waals surface area (Å²) < 4.78 is 1.62. The van der Waals surface area contributed by atoms with Gasteiger partial charge < -0.3 is 10.0 Å². The van der Waals surface area contributed by atoms with Crippen LogP contribution in [0.4, 0.5) is 0 Å². The first kappa shape index (κ1) is 22.1. The van der Waals surface area contributed by atoms with Gasteiger partial charge in [-0.05, 0) is 24.5 Å². The van der Waals surface area contributed by atoms with Crippen LogP contribution >= 0.6 is 0 Å². The number of carbonyl (C=O) groups excluding carboxylic acids is 2. The molecule has 6 heteroatoms. The highest BCUT2D eigenvalue weighted by molar-refractivity contribution is 6.08. The van der Waals surface area contributed by atoms with Gasteiger partial charge in [-0.25, -0.2) is 0 Å². The van der Waals surface area contributed by atoms with Crippen molar-refractivity contribution in [2.75, 3.05) is 13.1 Å². The molecule has 1 heterocycles. The van der Waals surface area contributed by atoms with Crippen molar-refractivity contribution in [1.82, 2.24) is 14.7 Å². The second-order valence-electron chi connectivity index (χ2n) is 8.33. The summed E-state index contributed by atoms with van der Waals surface area (Å²) in [5, 5.41) is 14.8. The third-order valence-corrected chi connectivity index (χ3v) is 4.81. The van der Waals surface area contributed by atoms with Gasteiger partial charge in [-0.3, -0.25) is 14.3 Å². The van der Waals surface area contributed by atoms with Gasteiger partial charge in [0.2, 0.25) is 5.91 Å². The number of aromatic nitrogens is 2. The van der Waals surface area contributed by atoms with Gasteiger partial charge >= 0.3 is 0 Å². The molecule has 0 saturated carbocycles. The first-order valence-electron chi connectivity index (χ1n) is 10.2. The summed E-state index contributed by atoms with van der Waals surface area (Å²) in [7, 11) is 0. The molecule has 1 N–H and O–H groups in total. The molecule has 0 unspecified atom stereocenters. The number of nitrogens with zero attached hydrogens (tertiary/aromatic N) is 3. The molecule has 0 aliphatic rings. The molecule has 0 bridgehead atoms. The molecule has 0 radical (unpaired) electrons. The van der Waals surface area contributed by atoms with Gasteiger partial charge in [0.15, 0.2) is 5.78 Å². The first-order valence-corrected chi connectivity index (χ1v) is 10.2. The molecule has 0 aliphatic carbocycles. The predicted octanol–water partition coefficient (Wildman–Crippen LogP) is 3.80. The fourth-order valence-corrected chi connectivity index (χ4v) is 3.17. The SMILES string of the molecule is CCCCN(CCC)C(=O)Cn1nc(C(=O)C(C)(C)C)c2ccc(CO)cc21. The minimum atomic E-state index is -0.568. The number of ketones is 1. The third-order valence-electron chi connectivity index (χ3n) is 4.81. The Balaban J connectivity index is 2.44. The van der Waals surface area contributed by atoms with Crippen molar-refractivity contribution in [1.29, 1.82) is 0 Å². The number of fused-ring (bicyclic) bond motifs is 1. The molecule has 1 aromatic heterocycles. The minimum absolute atomic E-state index is 0.00357. The number of aliphatic hydroxyl groups excluding tert-OH is 1. The summed E-state index contributed by atoms with van der Waals surface area (Å²) in [5.74, 6) is -0.0549. The topological polar surface area (TPSA) is 75.4 Å². The largest absolute Gasteiger partial charge is 0.392 e.